The third-order valence-electron chi connectivity index (χ3n) is 9.48. The molecule has 2 aliphatic rings. The molecule has 2 aliphatic heterocycles. The van der Waals surface area contributed by atoms with Gasteiger partial charge in [0.1, 0.15) is 12.6 Å². The van der Waals surface area contributed by atoms with Gasteiger partial charge in [-0.15, -0.1) is 11.5 Å². The van der Waals surface area contributed by atoms with Crippen LogP contribution in [-0.4, -0.2) is 144 Å². The van der Waals surface area contributed by atoms with E-state index in [1.165, 1.54) is 0 Å². The third kappa shape index (κ3) is 11.3. The lowest BCUT2D eigenvalue weighted by molar-refractivity contribution is -0.135. The van der Waals surface area contributed by atoms with Gasteiger partial charge in [-0.25, -0.2) is 4.68 Å². The number of morpholine rings is 1. The number of H-pyrrole nitrogens is 1. The summed E-state index contributed by atoms with van der Waals surface area (Å²) in [4.78, 5) is 38.4. The molecule has 0 unspecified atom stereocenters. The number of aromatic nitrogens is 7. The van der Waals surface area contributed by atoms with Crippen LogP contribution in [0.5, 0.6) is 0 Å². The molecule has 5 heterocycles. The zero-order chi connectivity index (χ0) is 38.4. The highest BCUT2D eigenvalue weighted by atomic mass is 16.5. The Bertz CT molecular complexity index is 1800. The number of benzene rings is 1. The number of nitrogens with two attached hydrogens (primary N) is 1. The Hall–Kier alpha value is -4.86. The number of rotatable bonds is 20. The standard InChI is InChI=1S/C38H54N12O5/c1-4-16-52-20-22-55-23-21-53-17-9-40-36-42-37(44-38(43-36)49-14-18-54-19-15-49)48-12-10-47(11-13-48)35(51)34(26-30-25-29-7-5-6-8-32(29)41-30)50-27-33(45-46-50)31(39)24-28(2)3/h1,5-8,25,27-28,31,34,41H,9-24,26,39H2,2-3H3,(H,40,42,43,44)/t31-,34+/m0/s1. The fraction of sp³-hybridized carbons (Fsp3) is 0.579. The lowest BCUT2D eigenvalue weighted by atomic mass is 10.0. The number of hydrogen-bond donors (Lipinski definition) is 3. The largest absolute Gasteiger partial charge is 0.378 e. The Morgan fingerprint density at radius 2 is 1.65 bits per heavy atom. The molecule has 4 aromatic rings. The van der Waals surface area contributed by atoms with E-state index in [-0.39, 0.29) is 18.6 Å². The van der Waals surface area contributed by atoms with Gasteiger partial charge in [-0.1, -0.05) is 43.2 Å². The molecule has 1 aromatic carbocycles. The number of nitrogens with zero attached hydrogens (tertiary/aromatic N) is 9. The Balaban J connectivity index is 1.09. The number of ether oxygens (including phenoxy) is 4. The SMILES string of the molecule is C#CCOCCOCCOCCNc1nc(N2CCOCC2)nc(N2CCN(C(=O)[C@@H](Cc3cc4ccccc4[nH]3)n3cc([C@@H](N)CC(C)C)nn3)CC2)n1. The highest BCUT2D eigenvalue weighted by Crippen LogP contribution is 2.25. The van der Waals surface area contributed by atoms with Gasteiger partial charge in [-0.2, -0.15) is 15.0 Å². The van der Waals surface area contributed by atoms with Crippen LogP contribution in [0.1, 0.15) is 43.7 Å². The minimum atomic E-state index is -0.602. The van der Waals surface area contributed by atoms with Crippen LogP contribution < -0.4 is 20.9 Å². The maximum atomic E-state index is 14.4. The van der Waals surface area contributed by atoms with E-state index in [1.807, 2.05) is 29.3 Å². The molecule has 17 nitrogen and oxygen atoms in total. The number of fused-ring (bicyclic) bond motifs is 1. The van der Waals surface area contributed by atoms with Crippen molar-refractivity contribution in [1.82, 2.24) is 39.8 Å². The van der Waals surface area contributed by atoms with E-state index in [4.69, 9.17) is 46.1 Å². The van der Waals surface area contributed by atoms with Crippen LogP contribution in [0.2, 0.25) is 0 Å². The molecule has 4 N–H and O–H groups in total. The van der Waals surface area contributed by atoms with E-state index in [0.717, 1.165) is 23.0 Å². The molecular weight excluding hydrogens is 704 g/mol. The van der Waals surface area contributed by atoms with Crippen molar-refractivity contribution in [1.29, 1.82) is 0 Å². The van der Waals surface area contributed by atoms with E-state index < -0.39 is 6.04 Å². The molecule has 296 valence electrons. The summed E-state index contributed by atoms with van der Waals surface area (Å²) in [7, 11) is 0. The summed E-state index contributed by atoms with van der Waals surface area (Å²) < 4.78 is 23.7. The first-order valence-electron chi connectivity index (χ1n) is 19.1. The number of aromatic amines is 1. The van der Waals surface area contributed by atoms with Gasteiger partial charge >= 0.3 is 0 Å². The summed E-state index contributed by atoms with van der Waals surface area (Å²) in [5, 5.41) is 13.2. The number of nitrogens with one attached hydrogen (secondary N) is 2. The van der Waals surface area contributed by atoms with E-state index >= 15 is 0 Å². The minimum Gasteiger partial charge on any atom is -0.378 e. The van der Waals surface area contributed by atoms with Gasteiger partial charge in [0.2, 0.25) is 23.8 Å². The van der Waals surface area contributed by atoms with Crippen molar-refractivity contribution in [2.45, 2.75) is 38.8 Å². The molecule has 2 saturated heterocycles. The van der Waals surface area contributed by atoms with E-state index in [0.29, 0.717) is 128 Å². The molecule has 0 saturated carbocycles. The number of para-hydroxylation sites is 1. The average Bonchev–Trinajstić information content (AvgIpc) is 3.87. The first-order chi connectivity index (χ1) is 26.9. The molecule has 55 heavy (non-hydrogen) atoms. The number of amides is 1. The van der Waals surface area contributed by atoms with Crippen molar-refractivity contribution < 1.29 is 23.7 Å². The molecule has 3 aromatic heterocycles. The maximum absolute atomic E-state index is 14.4. The second-order valence-electron chi connectivity index (χ2n) is 14.0. The molecule has 17 heteroatoms. The van der Waals surface area contributed by atoms with Crippen LogP contribution in [0.4, 0.5) is 17.8 Å². The summed E-state index contributed by atoms with van der Waals surface area (Å²) in [5.74, 6) is 4.42. The van der Waals surface area contributed by atoms with Crippen molar-refractivity contribution in [3.63, 3.8) is 0 Å². The highest BCUT2D eigenvalue weighted by Gasteiger charge is 2.32. The average molecular weight is 759 g/mol. The Kier molecular flexibility index (Phi) is 14.6. The van der Waals surface area contributed by atoms with Gasteiger partial charge in [0.25, 0.3) is 0 Å². The van der Waals surface area contributed by atoms with E-state index in [2.05, 4.69) is 62.3 Å². The second-order valence-corrected chi connectivity index (χ2v) is 14.0. The molecule has 2 atom stereocenters. The number of anilines is 3. The second kappa shape index (κ2) is 20.2. The topological polar surface area (TPSA) is 187 Å². The zero-order valence-electron chi connectivity index (χ0n) is 31.9. The predicted octanol–water partition coefficient (Wildman–Crippen LogP) is 2.05. The van der Waals surface area contributed by atoms with E-state index in [9.17, 15) is 4.79 Å². The smallest absolute Gasteiger partial charge is 0.248 e. The molecule has 1 amide bonds. The number of terminal acetylenes is 1. The predicted molar refractivity (Wildman–Crippen MR) is 209 cm³/mol. The Morgan fingerprint density at radius 3 is 2.36 bits per heavy atom. The lowest BCUT2D eigenvalue weighted by Crippen LogP contribution is -2.51. The van der Waals surface area contributed by atoms with Crippen molar-refractivity contribution in [3.8, 4) is 12.3 Å². The normalized spacial score (nSPS) is 16.1. The van der Waals surface area contributed by atoms with Crippen LogP contribution in [-0.2, 0) is 30.2 Å². The highest BCUT2D eigenvalue weighted by molar-refractivity contribution is 5.83. The number of carbonyl (C=O) groups is 1. The summed E-state index contributed by atoms with van der Waals surface area (Å²) in [5.41, 5.74) is 9.13. The molecule has 0 spiro atoms. The fourth-order valence-corrected chi connectivity index (χ4v) is 6.61. The van der Waals surface area contributed by atoms with Crippen molar-refractivity contribution in [2.75, 3.05) is 114 Å². The lowest BCUT2D eigenvalue weighted by Gasteiger charge is -2.36. The first kappa shape index (κ1) is 39.8. The number of hydrogen-bond acceptors (Lipinski definition) is 14. The Morgan fingerprint density at radius 1 is 0.964 bits per heavy atom. The summed E-state index contributed by atoms with van der Waals surface area (Å²) in [6, 6.07) is 9.33. The fourth-order valence-electron chi connectivity index (χ4n) is 6.61. The molecule has 0 radical (unpaired) electrons. The van der Waals surface area contributed by atoms with Gasteiger partial charge in [-0.05, 0) is 29.9 Å². The summed E-state index contributed by atoms with van der Waals surface area (Å²) >= 11 is 0. The van der Waals surface area contributed by atoms with Gasteiger partial charge in [0, 0.05) is 63.4 Å². The van der Waals surface area contributed by atoms with Crippen molar-refractivity contribution in [3.05, 3.63) is 47.9 Å². The number of piperazine rings is 1. The van der Waals surface area contributed by atoms with Crippen LogP contribution in [0, 0.1) is 18.3 Å². The molecule has 0 aliphatic carbocycles. The third-order valence-corrected chi connectivity index (χ3v) is 9.48. The zero-order valence-corrected chi connectivity index (χ0v) is 31.9. The van der Waals surface area contributed by atoms with Gasteiger partial charge in [-0.3, -0.25) is 4.79 Å². The van der Waals surface area contributed by atoms with Gasteiger partial charge < -0.3 is 49.7 Å². The van der Waals surface area contributed by atoms with Gasteiger partial charge in [0.15, 0.2) is 0 Å². The summed E-state index contributed by atoms with van der Waals surface area (Å²) in [6.45, 7) is 12.0. The first-order valence-corrected chi connectivity index (χ1v) is 19.1. The summed E-state index contributed by atoms with van der Waals surface area (Å²) in [6.07, 6.45) is 8.21. The Labute approximate surface area is 322 Å². The van der Waals surface area contributed by atoms with E-state index in [1.54, 1.807) is 4.68 Å². The van der Waals surface area contributed by atoms with Crippen molar-refractivity contribution in [2.24, 2.45) is 11.7 Å². The van der Waals surface area contributed by atoms with Crippen LogP contribution in [0.3, 0.4) is 0 Å². The maximum Gasteiger partial charge on any atom is 0.248 e. The van der Waals surface area contributed by atoms with Gasteiger partial charge in [0.05, 0.1) is 64.2 Å². The number of carbonyl (C=O) groups excluding carboxylic acids is 1. The van der Waals surface area contributed by atoms with Crippen molar-refractivity contribution >= 4 is 34.7 Å². The molecular formula is C38H54N12O5. The quantitative estimate of drug-likeness (QED) is 0.0878. The van der Waals surface area contributed by atoms with Crippen LogP contribution >= 0.6 is 0 Å². The monoisotopic (exact) mass is 758 g/mol. The van der Waals surface area contributed by atoms with Crippen LogP contribution in [0.25, 0.3) is 10.9 Å². The molecule has 2 fully saturated rings. The van der Waals surface area contributed by atoms with Crippen LogP contribution in [0.15, 0.2) is 36.5 Å². The molecule has 0 bridgehead atoms. The molecule has 6 rings (SSSR count). The minimum absolute atomic E-state index is 0.0261.